The Labute approximate surface area is 171 Å². The van der Waals surface area contributed by atoms with E-state index in [9.17, 15) is 4.79 Å². The molecule has 0 bridgehead atoms. The predicted molar refractivity (Wildman–Crippen MR) is 116 cm³/mol. The molecule has 3 rings (SSSR count). The van der Waals surface area contributed by atoms with Crippen LogP contribution in [0.1, 0.15) is 44.7 Å². The average Bonchev–Trinajstić information content (AvgIpc) is 3.11. The smallest absolute Gasteiger partial charge is 0.150 e. The lowest BCUT2D eigenvalue weighted by Crippen LogP contribution is -2.16. The van der Waals surface area contributed by atoms with Gasteiger partial charge in [0.25, 0.3) is 0 Å². The molecule has 0 spiro atoms. The van der Waals surface area contributed by atoms with Crippen molar-refractivity contribution in [1.82, 2.24) is 14.5 Å². The topological polar surface area (TPSA) is 47.8 Å². The first-order valence-electron chi connectivity index (χ1n) is 9.73. The summed E-state index contributed by atoms with van der Waals surface area (Å²) in [7, 11) is 0. The highest BCUT2D eigenvalue weighted by Gasteiger charge is 2.19. The Morgan fingerprint density at radius 3 is 2.46 bits per heavy atom. The maximum Gasteiger partial charge on any atom is 0.150 e. The van der Waals surface area contributed by atoms with E-state index in [4.69, 9.17) is 0 Å². The molecule has 28 heavy (non-hydrogen) atoms. The van der Waals surface area contributed by atoms with E-state index >= 15 is 0 Å². The molecular formula is C23H27N3OS. The highest BCUT2D eigenvalue weighted by atomic mass is 32.2. The minimum Gasteiger partial charge on any atom is -0.319 e. The van der Waals surface area contributed by atoms with E-state index in [0.717, 1.165) is 28.5 Å². The highest BCUT2D eigenvalue weighted by molar-refractivity contribution is 8.00. The second-order valence-corrected chi connectivity index (χ2v) is 8.57. The van der Waals surface area contributed by atoms with Crippen molar-refractivity contribution in [3.05, 3.63) is 66.1 Å². The van der Waals surface area contributed by atoms with Gasteiger partial charge in [0.2, 0.25) is 0 Å². The third-order valence-corrected chi connectivity index (χ3v) is 6.01. The summed E-state index contributed by atoms with van der Waals surface area (Å²) in [5.74, 6) is 1.62. The van der Waals surface area contributed by atoms with Gasteiger partial charge < -0.3 is 4.57 Å². The molecule has 0 aliphatic heterocycles. The fourth-order valence-electron chi connectivity index (χ4n) is 3.10. The van der Waals surface area contributed by atoms with Crippen LogP contribution in [0, 0.1) is 0 Å². The summed E-state index contributed by atoms with van der Waals surface area (Å²) in [6, 6.07) is 12.3. The lowest BCUT2D eigenvalue weighted by atomic mass is 10.00. The molecule has 1 aromatic carbocycles. The van der Waals surface area contributed by atoms with Gasteiger partial charge in [-0.05, 0) is 43.0 Å². The standard InChI is InChI=1S/C23H27N3OS/c1-5-26-22(15-25-23(26)20-7-6-12-24-14-20)28-17(4)21(27)13-18-8-10-19(11-9-18)16(2)3/h6-12,14-17H,5,13H2,1-4H3. The van der Waals surface area contributed by atoms with Crippen LogP contribution in [0.4, 0.5) is 0 Å². The Balaban J connectivity index is 1.69. The van der Waals surface area contributed by atoms with Crippen molar-refractivity contribution in [3.8, 4) is 11.4 Å². The van der Waals surface area contributed by atoms with Crippen LogP contribution in [0.25, 0.3) is 11.4 Å². The highest BCUT2D eigenvalue weighted by Crippen LogP contribution is 2.29. The molecule has 3 aromatic rings. The van der Waals surface area contributed by atoms with E-state index in [1.807, 2.05) is 31.5 Å². The quantitative estimate of drug-likeness (QED) is 0.482. The minimum atomic E-state index is -0.131. The normalized spacial score (nSPS) is 12.3. The molecule has 1 unspecified atom stereocenters. The molecule has 146 valence electrons. The van der Waals surface area contributed by atoms with Crippen LogP contribution < -0.4 is 0 Å². The van der Waals surface area contributed by atoms with Crippen molar-refractivity contribution < 1.29 is 4.79 Å². The molecular weight excluding hydrogens is 366 g/mol. The zero-order valence-electron chi connectivity index (χ0n) is 16.9. The maximum absolute atomic E-state index is 12.8. The molecule has 0 N–H and O–H groups in total. The van der Waals surface area contributed by atoms with Gasteiger partial charge in [-0.3, -0.25) is 9.78 Å². The van der Waals surface area contributed by atoms with Gasteiger partial charge in [0.15, 0.2) is 0 Å². The van der Waals surface area contributed by atoms with E-state index in [2.05, 4.69) is 59.6 Å². The lowest BCUT2D eigenvalue weighted by Gasteiger charge is -2.13. The van der Waals surface area contributed by atoms with E-state index < -0.39 is 0 Å². The van der Waals surface area contributed by atoms with Gasteiger partial charge in [-0.25, -0.2) is 4.98 Å². The van der Waals surface area contributed by atoms with Crippen molar-refractivity contribution in [2.75, 3.05) is 0 Å². The number of hydrogen-bond donors (Lipinski definition) is 0. The van der Waals surface area contributed by atoms with Crippen molar-refractivity contribution in [3.63, 3.8) is 0 Å². The Hall–Kier alpha value is -2.40. The summed E-state index contributed by atoms with van der Waals surface area (Å²) < 4.78 is 2.14. The molecule has 0 saturated heterocycles. The average molecular weight is 394 g/mol. The summed E-state index contributed by atoms with van der Waals surface area (Å²) in [4.78, 5) is 21.5. The van der Waals surface area contributed by atoms with E-state index in [0.29, 0.717) is 12.3 Å². The van der Waals surface area contributed by atoms with Gasteiger partial charge in [-0.15, -0.1) is 0 Å². The fourth-order valence-corrected chi connectivity index (χ4v) is 4.13. The second-order valence-electron chi connectivity index (χ2n) is 7.21. The Morgan fingerprint density at radius 2 is 1.86 bits per heavy atom. The molecule has 4 nitrogen and oxygen atoms in total. The van der Waals surface area contributed by atoms with Crippen molar-refractivity contribution in [1.29, 1.82) is 0 Å². The Morgan fingerprint density at radius 1 is 1.11 bits per heavy atom. The molecule has 0 fully saturated rings. The SMILES string of the molecule is CCn1c(SC(C)C(=O)Cc2ccc(C(C)C)cc2)cnc1-c1cccnc1. The summed E-state index contributed by atoms with van der Waals surface area (Å²) >= 11 is 1.58. The molecule has 1 atom stereocenters. The third-order valence-electron chi connectivity index (χ3n) is 4.83. The number of imidazole rings is 1. The van der Waals surface area contributed by atoms with Crippen LogP contribution in [-0.4, -0.2) is 25.6 Å². The molecule has 5 heteroatoms. The summed E-state index contributed by atoms with van der Waals surface area (Å²) in [6.07, 6.45) is 5.89. The summed E-state index contributed by atoms with van der Waals surface area (Å²) in [6.45, 7) is 9.22. The van der Waals surface area contributed by atoms with Crippen LogP contribution in [0.5, 0.6) is 0 Å². The Bertz CT molecular complexity index is 917. The van der Waals surface area contributed by atoms with Crippen molar-refractivity contribution >= 4 is 17.5 Å². The molecule has 2 aromatic heterocycles. The lowest BCUT2D eigenvalue weighted by molar-refractivity contribution is -0.117. The van der Waals surface area contributed by atoms with Crippen LogP contribution in [0.3, 0.4) is 0 Å². The predicted octanol–water partition coefficient (Wildman–Crippen LogP) is 5.38. The number of nitrogens with zero attached hydrogens (tertiary/aromatic N) is 3. The van der Waals surface area contributed by atoms with Gasteiger partial charge in [0, 0.05) is 30.9 Å². The molecule has 0 aliphatic rings. The van der Waals surface area contributed by atoms with E-state index in [1.165, 1.54) is 5.56 Å². The number of Topliss-reactive ketones (excluding diaryl/α,β-unsaturated/α-hetero) is 1. The van der Waals surface area contributed by atoms with E-state index in [1.54, 1.807) is 18.0 Å². The summed E-state index contributed by atoms with van der Waals surface area (Å²) in [5, 5.41) is 0.880. The number of pyridine rings is 1. The molecule has 2 heterocycles. The first kappa shape index (κ1) is 20.3. The van der Waals surface area contributed by atoms with Crippen LogP contribution >= 0.6 is 11.8 Å². The van der Waals surface area contributed by atoms with Gasteiger partial charge in [0.05, 0.1) is 16.5 Å². The molecule has 0 amide bonds. The number of carbonyl (C=O) groups is 1. The third kappa shape index (κ3) is 4.71. The molecule has 0 radical (unpaired) electrons. The number of hydrogen-bond acceptors (Lipinski definition) is 4. The number of carbonyl (C=O) groups excluding carboxylic acids is 1. The first-order valence-corrected chi connectivity index (χ1v) is 10.6. The number of thioether (sulfide) groups is 1. The second kappa shape index (κ2) is 9.20. The van der Waals surface area contributed by atoms with Crippen LogP contribution in [-0.2, 0) is 17.8 Å². The number of ketones is 1. The molecule has 0 aliphatic carbocycles. The van der Waals surface area contributed by atoms with Crippen molar-refractivity contribution in [2.24, 2.45) is 0 Å². The van der Waals surface area contributed by atoms with Gasteiger partial charge in [-0.2, -0.15) is 0 Å². The van der Waals surface area contributed by atoms with Crippen LogP contribution in [0.2, 0.25) is 0 Å². The maximum atomic E-state index is 12.8. The summed E-state index contributed by atoms with van der Waals surface area (Å²) in [5.41, 5.74) is 3.36. The van der Waals surface area contributed by atoms with E-state index in [-0.39, 0.29) is 11.0 Å². The molecule has 0 saturated carbocycles. The number of benzene rings is 1. The van der Waals surface area contributed by atoms with Gasteiger partial charge in [0.1, 0.15) is 11.6 Å². The van der Waals surface area contributed by atoms with Crippen molar-refractivity contribution in [2.45, 2.75) is 56.9 Å². The first-order chi connectivity index (χ1) is 13.5. The van der Waals surface area contributed by atoms with Crippen LogP contribution in [0.15, 0.2) is 60.0 Å². The minimum absolute atomic E-state index is 0.131. The van der Waals surface area contributed by atoms with Gasteiger partial charge in [-0.1, -0.05) is 49.9 Å². The monoisotopic (exact) mass is 393 g/mol. The largest absolute Gasteiger partial charge is 0.319 e. The number of rotatable bonds is 8. The zero-order chi connectivity index (χ0) is 20.1. The van der Waals surface area contributed by atoms with Gasteiger partial charge >= 0.3 is 0 Å². The zero-order valence-corrected chi connectivity index (χ0v) is 17.7. The fraction of sp³-hybridized carbons (Fsp3) is 0.348. The Kier molecular flexibility index (Phi) is 6.68. The number of aromatic nitrogens is 3.